The quantitative estimate of drug-likeness (QED) is 0.343. The first-order chi connectivity index (χ1) is 14.3. The van der Waals surface area contributed by atoms with Crippen molar-refractivity contribution < 1.29 is 32.2 Å². The minimum absolute atomic E-state index is 0.0579. The first-order valence-corrected chi connectivity index (χ1v) is 9.90. The van der Waals surface area contributed by atoms with Crippen molar-refractivity contribution in [2.24, 2.45) is 0 Å². The van der Waals surface area contributed by atoms with E-state index in [4.69, 9.17) is 9.47 Å². The van der Waals surface area contributed by atoms with Gasteiger partial charge in [-0.25, -0.2) is 9.59 Å². The van der Waals surface area contributed by atoms with Gasteiger partial charge in [-0.1, -0.05) is 56.5 Å². The van der Waals surface area contributed by atoms with Gasteiger partial charge >= 0.3 is 18.1 Å². The number of carbonyl (C=O) groups excluding carboxylic acids is 2. The topological polar surface area (TPSA) is 52.6 Å². The minimum atomic E-state index is -4.62. The number of esters is 2. The van der Waals surface area contributed by atoms with Gasteiger partial charge < -0.3 is 9.47 Å². The van der Waals surface area contributed by atoms with Crippen molar-refractivity contribution in [3.8, 4) is 0 Å². The molecular formula is C23H25F3O4. The number of rotatable bonds is 10. The Morgan fingerprint density at radius 3 is 2.03 bits per heavy atom. The third-order valence-corrected chi connectivity index (χ3v) is 4.50. The molecule has 0 radical (unpaired) electrons. The summed E-state index contributed by atoms with van der Waals surface area (Å²) in [6.45, 7) is 2.05. The van der Waals surface area contributed by atoms with E-state index < -0.39 is 24.2 Å². The standard InChI is InChI=1S/C23H25F3O4/c1-2-3-4-8-11-20(23(24,25)26)30-22(28)19-14-12-18(13-15-19)21(27)29-16-17-9-6-5-7-10-17/h5-7,9-10,12-15,20H,2-4,8,11,16H2,1H3/t20-/m1/s1. The average Bonchev–Trinajstić information content (AvgIpc) is 2.74. The maximum atomic E-state index is 13.2. The zero-order chi connectivity index (χ0) is 22.0. The van der Waals surface area contributed by atoms with Gasteiger partial charge in [0.15, 0.2) is 6.10 Å². The van der Waals surface area contributed by atoms with Gasteiger partial charge in [-0.05, 0) is 42.7 Å². The predicted octanol–water partition coefficient (Wildman–Crippen LogP) is 6.10. The highest BCUT2D eigenvalue weighted by Gasteiger charge is 2.42. The van der Waals surface area contributed by atoms with Crippen molar-refractivity contribution in [1.82, 2.24) is 0 Å². The summed E-state index contributed by atoms with van der Waals surface area (Å²) in [4.78, 5) is 24.2. The maximum Gasteiger partial charge on any atom is 0.425 e. The van der Waals surface area contributed by atoms with Crippen LogP contribution in [-0.2, 0) is 16.1 Å². The molecule has 2 aromatic rings. The third-order valence-electron chi connectivity index (χ3n) is 4.50. The molecule has 0 spiro atoms. The smallest absolute Gasteiger partial charge is 0.425 e. The summed E-state index contributed by atoms with van der Waals surface area (Å²) in [5.74, 6) is -1.67. The van der Waals surface area contributed by atoms with Crippen LogP contribution < -0.4 is 0 Å². The fourth-order valence-electron chi connectivity index (χ4n) is 2.79. The van der Waals surface area contributed by atoms with E-state index in [2.05, 4.69) is 0 Å². The highest BCUT2D eigenvalue weighted by molar-refractivity contribution is 5.93. The van der Waals surface area contributed by atoms with E-state index in [1.54, 1.807) is 0 Å². The summed E-state index contributed by atoms with van der Waals surface area (Å²) in [7, 11) is 0. The Balaban J connectivity index is 1.93. The fraction of sp³-hybridized carbons (Fsp3) is 0.391. The molecule has 0 saturated heterocycles. The van der Waals surface area contributed by atoms with Crippen molar-refractivity contribution in [2.45, 2.75) is 57.9 Å². The normalized spacial score (nSPS) is 12.3. The van der Waals surface area contributed by atoms with Crippen LogP contribution in [0.15, 0.2) is 54.6 Å². The molecule has 0 aliphatic rings. The predicted molar refractivity (Wildman–Crippen MR) is 106 cm³/mol. The second-order valence-corrected chi connectivity index (χ2v) is 6.92. The van der Waals surface area contributed by atoms with Crippen LogP contribution in [0.1, 0.15) is 65.3 Å². The largest absolute Gasteiger partial charge is 0.457 e. The first-order valence-electron chi connectivity index (χ1n) is 9.90. The Hall–Kier alpha value is -2.83. The van der Waals surface area contributed by atoms with E-state index in [0.717, 1.165) is 18.4 Å². The Morgan fingerprint density at radius 1 is 0.867 bits per heavy atom. The number of hydrogen-bond acceptors (Lipinski definition) is 4. The van der Waals surface area contributed by atoms with Crippen LogP contribution in [0.2, 0.25) is 0 Å². The summed E-state index contributed by atoms with van der Waals surface area (Å²) >= 11 is 0. The lowest BCUT2D eigenvalue weighted by atomic mass is 10.1. The molecule has 0 saturated carbocycles. The monoisotopic (exact) mass is 422 g/mol. The van der Waals surface area contributed by atoms with Crippen LogP contribution in [0.25, 0.3) is 0 Å². The Morgan fingerprint density at radius 2 is 1.47 bits per heavy atom. The summed E-state index contributed by atoms with van der Waals surface area (Å²) in [5.41, 5.74) is 0.954. The Kier molecular flexibility index (Phi) is 8.89. The van der Waals surface area contributed by atoms with Crippen LogP contribution in [0.4, 0.5) is 13.2 Å². The van der Waals surface area contributed by atoms with Crippen molar-refractivity contribution >= 4 is 11.9 Å². The number of ether oxygens (including phenoxy) is 2. The summed E-state index contributed by atoms with van der Waals surface area (Å²) in [6.07, 6.45) is -4.31. The number of benzene rings is 2. The van der Waals surface area contributed by atoms with Gasteiger partial charge in [-0.15, -0.1) is 0 Å². The van der Waals surface area contributed by atoms with Gasteiger partial charge in [0.2, 0.25) is 0 Å². The van der Waals surface area contributed by atoms with E-state index in [9.17, 15) is 22.8 Å². The van der Waals surface area contributed by atoms with Crippen molar-refractivity contribution in [1.29, 1.82) is 0 Å². The number of unbranched alkanes of at least 4 members (excludes halogenated alkanes) is 3. The van der Waals surface area contributed by atoms with Crippen molar-refractivity contribution in [3.05, 3.63) is 71.3 Å². The molecule has 0 N–H and O–H groups in total. The Bertz CT molecular complexity index is 801. The highest BCUT2D eigenvalue weighted by atomic mass is 19.4. The molecule has 0 amide bonds. The second-order valence-electron chi connectivity index (χ2n) is 6.92. The molecule has 2 aromatic carbocycles. The lowest BCUT2D eigenvalue weighted by molar-refractivity contribution is -0.206. The van der Waals surface area contributed by atoms with Gasteiger partial charge in [0.1, 0.15) is 6.61 Å². The maximum absolute atomic E-state index is 13.2. The van der Waals surface area contributed by atoms with Crippen molar-refractivity contribution in [2.75, 3.05) is 0 Å². The van der Waals surface area contributed by atoms with E-state index in [1.807, 2.05) is 37.3 Å². The molecule has 30 heavy (non-hydrogen) atoms. The van der Waals surface area contributed by atoms with E-state index in [-0.39, 0.29) is 24.2 Å². The molecule has 0 aliphatic carbocycles. The molecule has 0 unspecified atom stereocenters. The average molecular weight is 422 g/mol. The minimum Gasteiger partial charge on any atom is -0.457 e. The number of carbonyl (C=O) groups is 2. The summed E-state index contributed by atoms with van der Waals surface area (Å²) < 4.78 is 49.4. The molecule has 0 aliphatic heterocycles. The highest BCUT2D eigenvalue weighted by Crippen LogP contribution is 2.28. The lowest BCUT2D eigenvalue weighted by Gasteiger charge is -2.20. The lowest BCUT2D eigenvalue weighted by Crippen LogP contribution is -2.33. The van der Waals surface area contributed by atoms with Crippen LogP contribution in [0, 0.1) is 0 Å². The molecule has 0 heterocycles. The molecule has 1 atom stereocenters. The number of hydrogen-bond donors (Lipinski definition) is 0. The van der Waals surface area contributed by atoms with Crippen LogP contribution >= 0.6 is 0 Å². The molecule has 162 valence electrons. The van der Waals surface area contributed by atoms with E-state index in [0.29, 0.717) is 12.8 Å². The molecule has 0 bridgehead atoms. The van der Waals surface area contributed by atoms with Crippen LogP contribution in [0.3, 0.4) is 0 Å². The second kappa shape index (κ2) is 11.4. The molecule has 7 heteroatoms. The van der Waals surface area contributed by atoms with E-state index >= 15 is 0 Å². The van der Waals surface area contributed by atoms with Crippen LogP contribution in [-0.4, -0.2) is 24.2 Å². The third kappa shape index (κ3) is 7.54. The number of alkyl halides is 3. The van der Waals surface area contributed by atoms with Gasteiger partial charge in [-0.3, -0.25) is 0 Å². The molecular weight excluding hydrogens is 397 g/mol. The van der Waals surface area contributed by atoms with E-state index in [1.165, 1.54) is 24.3 Å². The van der Waals surface area contributed by atoms with Gasteiger partial charge in [0.05, 0.1) is 11.1 Å². The Labute approximate surface area is 174 Å². The molecule has 2 rings (SSSR count). The first kappa shape index (κ1) is 23.4. The molecule has 4 nitrogen and oxygen atoms in total. The van der Waals surface area contributed by atoms with Crippen molar-refractivity contribution in [3.63, 3.8) is 0 Å². The number of halogens is 3. The van der Waals surface area contributed by atoms with Gasteiger partial charge in [-0.2, -0.15) is 13.2 Å². The molecule has 0 aromatic heterocycles. The van der Waals surface area contributed by atoms with Gasteiger partial charge in [0.25, 0.3) is 0 Å². The zero-order valence-corrected chi connectivity index (χ0v) is 16.8. The summed E-state index contributed by atoms with van der Waals surface area (Å²) in [5, 5.41) is 0. The zero-order valence-electron chi connectivity index (χ0n) is 16.8. The fourth-order valence-corrected chi connectivity index (χ4v) is 2.79. The van der Waals surface area contributed by atoms with Gasteiger partial charge in [0, 0.05) is 0 Å². The van der Waals surface area contributed by atoms with Crippen LogP contribution in [0.5, 0.6) is 0 Å². The summed E-state index contributed by atoms with van der Waals surface area (Å²) in [6, 6.07) is 14.3. The molecule has 0 fully saturated rings. The SMILES string of the molecule is CCCCCC[C@@H](OC(=O)c1ccc(C(=O)OCc2ccccc2)cc1)C(F)(F)F.